The van der Waals surface area contributed by atoms with Crippen LogP contribution in [0.1, 0.15) is 34.6 Å². The number of hydrogen-bond acceptors (Lipinski definition) is 3. The lowest BCUT2D eigenvalue weighted by atomic mass is 10.1. The van der Waals surface area contributed by atoms with Gasteiger partial charge in [0, 0.05) is 6.54 Å². The van der Waals surface area contributed by atoms with Crippen molar-refractivity contribution in [2.24, 2.45) is 11.8 Å². The van der Waals surface area contributed by atoms with Crippen LogP contribution in [-0.4, -0.2) is 29.7 Å². The molecule has 0 heterocycles. The highest BCUT2D eigenvalue weighted by Crippen LogP contribution is 2.08. The number of thiol groups is 1. The van der Waals surface area contributed by atoms with Crippen molar-refractivity contribution < 1.29 is 9.59 Å². The average Bonchev–Trinajstić information content (AvgIpc) is 2.24. The Kier molecular flexibility index (Phi) is 7.27. The molecule has 17 heavy (non-hydrogen) atoms. The van der Waals surface area contributed by atoms with Crippen molar-refractivity contribution >= 4 is 24.4 Å². The van der Waals surface area contributed by atoms with E-state index in [0.717, 1.165) is 0 Å². The largest absolute Gasteiger partial charge is 0.354 e. The fraction of sp³-hybridized carbons (Fsp3) is 0.833. The quantitative estimate of drug-likeness (QED) is 0.629. The van der Waals surface area contributed by atoms with Crippen LogP contribution in [0, 0.1) is 11.8 Å². The third-order valence-corrected chi connectivity index (χ3v) is 3.17. The summed E-state index contributed by atoms with van der Waals surface area (Å²) in [4.78, 5) is 23.3. The van der Waals surface area contributed by atoms with Crippen LogP contribution in [0.4, 0.5) is 0 Å². The molecule has 0 fully saturated rings. The molecule has 0 spiro atoms. The maximum Gasteiger partial charge on any atom is 0.242 e. The van der Waals surface area contributed by atoms with Crippen LogP contribution < -0.4 is 10.6 Å². The topological polar surface area (TPSA) is 58.2 Å². The Hall–Kier alpha value is -0.710. The van der Waals surface area contributed by atoms with Gasteiger partial charge in [0.2, 0.25) is 11.8 Å². The predicted octanol–water partition coefficient (Wildman–Crippen LogP) is 1.22. The summed E-state index contributed by atoms with van der Waals surface area (Å²) in [7, 11) is 0. The van der Waals surface area contributed by atoms with E-state index in [4.69, 9.17) is 0 Å². The lowest BCUT2D eigenvalue weighted by Gasteiger charge is -2.19. The van der Waals surface area contributed by atoms with E-state index >= 15 is 0 Å². The first kappa shape index (κ1) is 16.3. The standard InChI is InChI=1S/C12H24N2O2S/c1-7(2)6-13-11(15)9(5)14-12(16)10(17)8(3)4/h7-10,17H,6H2,1-5H3,(H,13,15)(H,14,16). The van der Waals surface area contributed by atoms with Gasteiger partial charge < -0.3 is 10.6 Å². The smallest absolute Gasteiger partial charge is 0.242 e. The number of hydrogen-bond donors (Lipinski definition) is 3. The molecule has 0 saturated carbocycles. The van der Waals surface area contributed by atoms with Crippen molar-refractivity contribution in [3.8, 4) is 0 Å². The molecule has 0 radical (unpaired) electrons. The summed E-state index contributed by atoms with van der Waals surface area (Å²) in [5, 5.41) is 5.05. The summed E-state index contributed by atoms with van der Waals surface area (Å²) in [6, 6.07) is -0.519. The first-order chi connectivity index (χ1) is 7.75. The van der Waals surface area contributed by atoms with E-state index in [1.165, 1.54) is 0 Å². The highest BCUT2D eigenvalue weighted by atomic mass is 32.1. The van der Waals surface area contributed by atoms with Crippen molar-refractivity contribution in [1.82, 2.24) is 10.6 Å². The molecule has 2 N–H and O–H groups in total. The van der Waals surface area contributed by atoms with Gasteiger partial charge in [-0.15, -0.1) is 0 Å². The Balaban J connectivity index is 4.11. The number of rotatable bonds is 6. The van der Waals surface area contributed by atoms with Gasteiger partial charge in [0.25, 0.3) is 0 Å². The SMILES string of the molecule is CC(C)CNC(=O)C(C)NC(=O)C(S)C(C)C. The first-order valence-corrected chi connectivity index (χ1v) is 6.53. The van der Waals surface area contributed by atoms with Crippen LogP contribution >= 0.6 is 12.6 Å². The van der Waals surface area contributed by atoms with Crippen LogP contribution in [0.2, 0.25) is 0 Å². The first-order valence-electron chi connectivity index (χ1n) is 6.01. The molecule has 0 bridgehead atoms. The third-order valence-electron chi connectivity index (χ3n) is 2.34. The molecule has 0 aliphatic carbocycles. The summed E-state index contributed by atoms with van der Waals surface area (Å²) in [6.45, 7) is 10.2. The fourth-order valence-corrected chi connectivity index (χ4v) is 1.20. The zero-order valence-electron chi connectivity index (χ0n) is 11.3. The monoisotopic (exact) mass is 260 g/mol. The molecule has 0 aromatic heterocycles. The van der Waals surface area contributed by atoms with Gasteiger partial charge in [-0.25, -0.2) is 0 Å². The normalized spacial score (nSPS) is 14.6. The molecule has 0 aliphatic rings. The predicted molar refractivity (Wildman–Crippen MR) is 73.1 cm³/mol. The van der Waals surface area contributed by atoms with E-state index in [1.54, 1.807) is 6.92 Å². The van der Waals surface area contributed by atoms with Crippen molar-refractivity contribution in [3.63, 3.8) is 0 Å². The summed E-state index contributed by atoms with van der Waals surface area (Å²) in [6.07, 6.45) is 0. The average molecular weight is 260 g/mol. The van der Waals surface area contributed by atoms with Crippen molar-refractivity contribution in [2.75, 3.05) is 6.54 Å². The highest BCUT2D eigenvalue weighted by Gasteiger charge is 2.22. The van der Waals surface area contributed by atoms with Crippen LogP contribution in [-0.2, 0) is 9.59 Å². The molecule has 2 atom stereocenters. The highest BCUT2D eigenvalue weighted by molar-refractivity contribution is 7.81. The van der Waals surface area contributed by atoms with Gasteiger partial charge in [-0.05, 0) is 18.8 Å². The maximum atomic E-state index is 11.7. The Morgan fingerprint density at radius 1 is 1.06 bits per heavy atom. The molecule has 100 valence electrons. The van der Waals surface area contributed by atoms with Crippen molar-refractivity contribution in [3.05, 3.63) is 0 Å². The Bertz CT molecular complexity index is 267. The van der Waals surface area contributed by atoms with Crippen LogP contribution in [0.3, 0.4) is 0 Å². The minimum Gasteiger partial charge on any atom is -0.354 e. The molecule has 0 saturated heterocycles. The summed E-state index contributed by atoms with van der Waals surface area (Å²) >= 11 is 4.20. The second kappa shape index (κ2) is 7.58. The fourth-order valence-electron chi connectivity index (χ4n) is 1.12. The Morgan fingerprint density at radius 3 is 2.00 bits per heavy atom. The molecule has 4 nitrogen and oxygen atoms in total. The van der Waals surface area contributed by atoms with Crippen LogP contribution in [0.15, 0.2) is 0 Å². The molecule has 0 aliphatic heterocycles. The maximum absolute atomic E-state index is 11.7. The van der Waals surface area contributed by atoms with E-state index < -0.39 is 6.04 Å². The summed E-state index contributed by atoms with van der Waals surface area (Å²) in [5.41, 5.74) is 0. The second-order valence-corrected chi connectivity index (χ2v) is 5.61. The van der Waals surface area contributed by atoms with E-state index in [2.05, 4.69) is 23.3 Å². The van der Waals surface area contributed by atoms with Gasteiger partial charge in [0.05, 0.1) is 5.25 Å². The third kappa shape index (κ3) is 6.56. The molecule has 0 aromatic rings. The molecular weight excluding hydrogens is 236 g/mol. The van der Waals surface area contributed by atoms with E-state index in [-0.39, 0.29) is 23.0 Å². The minimum absolute atomic E-state index is 0.143. The van der Waals surface area contributed by atoms with Crippen LogP contribution in [0.25, 0.3) is 0 Å². The van der Waals surface area contributed by atoms with Gasteiger partial charge in [-0.3, -0.25) is 9.59 Å². The molecular formula is C12H24N2O2S. The lowest BCUT2D eigenvalue weighted by molar-refractivity contribution is -0.128. The lowest BCUT2D eigenvalue weighted by Crippen LogP contribution is -2.48. The van der Waals surface area contributed by atoms with E-state index in [0.29, 0.717) is 12.5 Å². The zero-order valence-corrected chi connectivity index (χ0v) is 12.2. The summed E-state index contributed by atoms with van der Waals surface area (Å²) < 4.78 is 0. The van der Waals surface area contributed by atoms with Gasteiger partial charge >= 0.3 is 0 Å². The minimum atomic E-state index is -0.519. The van der Waals surface area contributed by atoms with E-state index in [9.17, 15) is 9.59 Å². The molecule has 0 aromatic carbocycles. The Morgan fingerprint density at radius 2 is 1.59 bits per heavy atom. The van der Waals surface area contributed by atoms with Crippen LogP contribution in [0.5, 0.6) is 0 Å². The Labute approximate surface area is 109 Å². The second-order valence-electron chi connectivity index (χ2n) is 5.06. The number of carbonyl (C=O) groups is 2. The van der Waals surface area contributed by atoms with Gasteiger partial charge in [0.15, 0.2) is 0 Å². The zero-order chi connectivity index (χ0) is 13.6. The molecule has 2 amide bonds. The van der Waals surface area contributed by atoms with E-state index in [1.807, 2.05) is 27.7 Å². The van der Waals surface area contributed by atoms with Gasteiger partial charge in [-0.1, -0.05) is 27.7 Å². The van der Waals surface area contributed by atoms with Gasteiger partial charge in [-0.2, -0.15) is 12.6 Å². The molecule has 0 rings (SSSR count). The van der Waals surface area contributed by atoms with Gasteiger partial charge in [0.1, 0.15) is 6.04 Å². The number of carbonyl (C=O) groups excluding carboxylic acids is 2. The molecule has 2 unspecified atom stereocenters. The summed E-state index contributed by atoms with van der Waals surface area (Å²) in [5.74, 6) is 0.186. The van der Waals surface area contributed by atoms with Crippen molar-refractivity contribution in [1.29, 1.82) is 0 Å². The molecule has 5 heteroatoms. The van der Waals surface area contributed by atoms with Crippen molar-refractivity contribution in [2.45, 2.75) is 45.9 Å². The number of nitrogens with one attached hydrogen (secondary N) is 2. The number of amides is 2.